The zero-order chi connectivity index (χ0) is 3.58. The third kappa shape index (κ3) is 511. The first-order valence-corrected chi connectivity index (χ1v) is 2.03. The standard InChI is InChI=1S/Mn.3H2O.O/h;3*1H2;/q+2;;;;/p-2. The van der Waals surface area contributed by atoms with Crippen LogP contribution in [-0.2, 0) is 18.3 Å². The van der Waals surface area contributed by atoms with Crippen LogP contribution in [0.1, 0.15) is 0 Å². The van der Waals surface area contributed by atoms with Gasteiger partial charge in [-0.2, -0.15) is 0 Å². The van der Waals surface area contributed by atoms with E-state index in [0.717, 1.165) is 0 Å². The van der Waals surface area contributed by atoms with Crippen molar-refractivity contribution in [2.75, 3.05) is 0 Å². The Morgan fingerprint density at radius 2 is 1.40 bits per heavy atom. The third-order valence-corrected chi connectivity index (χ3v) is 0. The Kier molecular flexibility index (Phi) is 7.52. The molecule has 0 aliphatic carbocycles. The molecule has 0 aliphatic heterocycles. The van der Waals surface area contributed by atoms with Crippen molar-refractivity contribution in [2.24, 2.45) is 0 Å². The molecule has 0 aliphatic rings. The maximum absolute atomic E-state index is 8.74. The van der Waals surface area contributed by atoms with Crippen LogP contribution >= 0.6 is 0 Å². The van der Waals surface area contributed by atoms with Crippen LogP contribution in [0.4, 0.5) is 0 Å². The minimum absolute atomic E-state index is 0. The molecule has 0 aromatic heterocycles. The van der Waals surface area contributed by atoms with Gasteiger partial charge in [-0.25, -0.2) is 0 Å². The Labute approximate surface area is 33.1 Å². The summed E-state index contributed by atoms with van der Waals surface area (Å²) in [5, 5.41) is 0. The quantitative estimate of drug-likeness (QED) is 0.363. The van der Waals surface area contributed by atoms with Gasteiger partial charge in [0.25, 0.3) is 0 Å². The van der Waals surface area contributed by atoms with E-state index in [0.29, 0.717) is 0 Å². The Bertz CT molecular complexity index is 26.6. The second-order valence-electron chi connectivity index (χ2n) is 0.214. The maximum atomic E-state index is 8.74. The molecule has 0 aromatic rings. The Morgan fingerprint density at radius 1 is 1.40 bits per heavy atom. The van der Waals surface area contributed by atoms with Crippen LogP contribution in [0.2, 0.25) is 0 Å². The van der Waals surface area contributed by atoms with Gasteiger partial charge in [-0.3, -0.25) is 0 Å². The first-order valence-electron chi connectivity index (χ1n) is 0.492. The van der Waals surface area contributed by atoms with Crippen LogP contribution in [0.3, 0.4) is 0 Å². The van der Waals surface area contributed by atoms with E-state index in [1.54, 1.807) is 0 Å². The van der Waals surface area contributed by atoms with Crippen molar-refractivity contribution < 1.29 is 32.2 Å². The van der Waals surface area contributed by atoms with E-state index in [1.165, 1.54) is 0 Å². The van der Waals surface area contributed by atoms with Crippen LogP contribution in [0.25, 0.3) is 0 Å². The van der Waals surface area contributed by atoms with Crippen molar-refractivity contribution in [3.63, 3.8) is 0 Å². The molecule has 0 radical (unpaired) electrons. The normalized spacial score (nSPS) is 7.00. The molecule has 0 atom stereocenters. The summed E-state index contributed by atoms with van der Waals surface area (Å²) in [7, 11) is 0. The molecular formula is H4MnO4. The molecule has 0 heterocycles. The van der Waals surface area contributed by atoms with Crippen LogP contribution in [0.5, 0.6) is 0 Å². The van der Waals surface area contributed by atoms with Gasteiger partial charge in [0, 0.05) is 0 Å². The molecule has 0 rings (SSSR count). The summed E-state index contributed by atoms with van der Waals surface area (Å²) in [6, 6.07) is 0. The zero-order valence-electron chi connectivity index (χ0n) is 2.18. The second-order valence-corrected chi connectivity index (χ2v) is 0.881. The van der Waals surface area contributed by atoms with Crippen molar-refractivity contribution in [1.29, 1.82) is 0 Å². The summed E-state index contributed by atoms with van der Waals surface area (Å²) in [5.41, 5.74) is 0. The molecule has 5 heavy (non-hydrogen) atoms. The monoisotopic (exact) mass is 123 g/mol. The van der Waals surface area contributed by atoms with Crippen molar-refractivity contribution in [1.82, 2.24) is 0 Å². The van der Waals surface area contributed by atoms with E-state index >= 15 is 0 Å². The van der Waals surface area contributed by atoms with Gasteiger partial charge in [0.05, 0.1) is 0 Å². The van der Waals surface area contributed by atoms with E-state index in [4.69, 9.17) is 12.2 Å². The number of rotatable bonds is 0. The molecule has 35 valence electrons. The average Bonchev–Trinajstić information content (AvgIpc) is 0.811. The fraction of sp³-hybridized carbons (Fsp3) is 0. The van der Waals surface area contributed by atoms with E-state index in [1.807, 2.05) is 0 Å². The van der Waals surface area contributed by atoms with Crippen LogP contribution in [-0.4, -0.2) is 13.9 Å². The number of hydrogen-bond donors (Lipinski definition) is 2. The van der Waals surface area contributed by atoms with E-state index < -0.39 is 14.5 Å². The molecule has 0 aromatic carbocycles. The van der Waals surface area contributed by atoms with Gasteiger partial charge in [-0.15, -0.1) is 0 Å². The first kappa shape index (κ1) is 8.96. The Morgan fingerprint density at radius 3 is 1.40 bits per heavy atom. The van der Waals surface area contributed by atoms with E-state index in [2.05, 4.69) is 0 Å². The average molecular weight is 123 g/mol. The first-order chi connectivity index (χ1) is 1.73. The van der Waals surface area contributed by atoms with Gasteiger partial charge < -0.3 is 5.48 Å². The summed E-state index contributed by atoms with van der Waals surface area (Å²) >= 11 is -3.15. The van der Waals surface area contributed by atoms with Gasteiger partial charge in [0.1, 0.15) is 0 Å². The molecule has 4 nitrogen and oxygen atoms in total. The Balaban J connectivity index is 0. The van der Waals surface area contributed by atoms with Crippen LogP contribution < -0.4 is 0 Å². The summed E-state index contributed by atoms with van der Waals surface area (Å²) in [6.07, 6.45) is 0. The molecule has 0 unspecified atom stereocenters. The minimum atomic E-state index is -3.15. The molecule has 0 amide bonds. The van der Waals surface area contributed by atoms with Crippen molar-refractivity contribution in [2.45, 2.75) is 0 Å². The topological polar surface area (TPSA) is 89.0 Å². The predicted octanol–water partition coefficient (Wildman–Crippen LogP) is -2.06. The fourth-order valence-electron chi connectivity index (χ4n) is 0. The molecule has 0 bridgehead atoms. The molecular weight excluding hydrogens is 119 g/mol. The zero-order valence-corrected chi connectivity index (χ0v) is 3.36. The van der Waals surface area contributed by atoms with Crippen molar-refractivity contribution in [3.05, 3.63) is 0 Å². The fourth-order valence-corrected chi connectivity index (χ4v) is 0. The SMILES string of the molecule is O.[O]=[Mn]([OH])[OH]. The molecule has 4 N–H and O–H groups in total. The second kappa shape index (κ2) is 4.20. The van der Waals surface area contributed by atoms with Gasteiger partial charge in [0.2, 0.25) is 0 Å². The molecule has 5 heteroatoms. The summed E-state index contributed by atoms with van der Waals surface area (Å²) in [5.74, 6) is 0. The molecule has 0 spiro atoms. The number of hydrogen-bond acceptors (Lipinski definition) is 1. The molecule has 0 saturated carbocycles. The van der Waals surface area contributed by atoms with E-state index in [9.17, 15) is 0 Å². The van der Waals surface area contributed by atoms with Crippen molar-refractivity contribution in [3.8, 4) is 0 Å². The van der Waals surface area contributed by atoms with Gasteiger partial charge in [0.15, 0.2) is 0 Å². The Hall–Kier alpha value is 0.199. The van der Waals surface area contributed by atoms with Gasteiger partial charge in [-0.1, -0.05) is 0 Å². The predicted molar refractivity (Wildman–Crippen MR) is 8.74 cm³/mol. The van der Waals surface area contributed by atoms with Gasteiger partial charge in [-0.05, 0) is 0 Å². The summed E-state index contributed by atoms with van der Waals surface area (Å²) in [6.45, 7) is 0. The van der Waals surface area contributed by atoms with Crippen molar-refractivity contribution >= 4 is 0 Å². The molecule has 0 fully saturated rings. The van der Waals surface area contributed by atoms with Crippen LogP contribution in [0, 0.1) is 0 Å². The summed E-state index contributed by atoms with van der Waals surface area (Å²) < 4.78 is 23.1. The molecule has 0 saturated heterocycles. The summed E-state index contributed by atoms with van der Waals surface area (Å²) in [4.78, 5) is 0. The van der Waals surface area contributed by atoms with E-state index in [-0.39, 0.29) is 5.48 Å². The van der Waals surface area contributed by atoms with Crippen LogP contribution in [0.15, 0.2) is 0 Å². The van der Waals surface area contributed by atoms with Gasteiger partial charge >= 0.3 is 26.7 Å². The third-order valence-electron chi connectivity index (χ3n) is 0.